The molecule has 0 saturated heterocycles. The monoisotopic (exact) mass is 435 g/mol. The number of hydrogen-bond acceptors (Lipinski definition) is 3. The number of ketones is 1. The molecule has 0 aromatic heterocycles. The number of hydrogen-bond donors (Lipinski definition) is 0. The zero-order valence-corrected chi connectivity index (χ0v) is 19.1. The van der Waals surface area contributed by atoms with Gasteiger partial charge in [-0.25, -0.2) is 0 Å². The van der Waals surface area contributed by atoms with Gasteiger partial charge < -0.3 is 14.5 Å². The van der Waals surface area contributed by atoms with Crippen molar-refractivity contribution < 1.29 is 9.59 Å². The van der Waals surface area contributed by atoms with E-state index in [1.165, 1.54) is 15.6 Å². The molecule has 0 aliphatic rings. The minimum Gasteiger partial charge on any atom is -0.307 e. The van der Waals surface area contributed by atoms with Gasteiger partial charge >= 0.3 is 0 Å². The van der Waals surface area contributed by atoms with Crippen LogP contribution in [0, 0.1) is 6.92 Å². The molecule has 1 unspecified atom stereocenters. The first kappa shape index (κ1) is 27.4. The number of aryl methyl sites for hydroxylation is 1. The maximum atomic E-state index is 9.81. The average Bonchev–Trinajstić information content (AvgIpc) is 2.67. The number of benzene rings is 2. The summed E-state index contributed by atoms with van der Waals surface area (Å²) in [4.78, 5) is 20.1. The van der Waals surface area contributed by atoms with E-state index in [4.69, 9.17) is 4.79 Å². The van der Waals surface area contributed by atoms with Crippen LogP contribution in [0.1, 0.15) is 38.3 Å². The minimum absolute atomic E-state index is 0.255. The first-order chi connectivity index (χ1) is 12.8. The van der Waals surface area contributed by atoms with Gasteiger partial charge in [0.25, 0.3) is 0 Å². The van der Waals surface area contributed by atoms with Gasteiger partial charge in [-0.2, -0.15) is 0 Å². The Hall–Kier alpha value is -1.78. The fourth-order valence-corrected chi connectivity index (χ4v) is 1.97. The van der Waals surface area contributed by atoms with E-state index in [0.29, 0.717) is 12.5 Å². The van der Waals surface area contributed by atoms with Crippen molar-refractivity contribution in [3.63, 3.8) is 0 Å². The van der Waals surface area contributed by atoms with Crippen LogP contribution in [0.5, 0.6) is 0 Å². The third-order valence-corrected chi connectivity index (χ3v) is 4.72. The largest absolute Gasteiger partial charge is 0.307 e. The number of carbonyl (C=O) groups excluding carboxylic acids is 2. The Morgan fingerprint density at radius 1 is 1.04 bits per heavy atom. The summed E-state index contributed by atoms with van der Waals surface area (Å²) in [5.74, 6) is 0.255. The molecule has 0 fully saturated rings. The number of carbonyl (C=O) groups is 2. The molecule has 0 radical (unpaired) electrons. The molecular formula is C23H34BrNO2. The predicted molar refractivity (Wildman–Crippen MR) is 120 cm³/mol. The molecule has 0 bridgehead atoms. The number of rotatable bonds is 4. The van der Waals surface area contributed by atoms with Crippen LogP contribution >= 0.6 is 15.9 Å². The summed E-state index contributed by atoms with van der Waals surface area (Å²) in [5, 5.41) is 0. The molecule has 2 aromatic carbocycles. The Kier molecular flexibility index (Phi) is 17.9. The molecule has 2 rings (SSSR count). The smallest absolute Gasteiger partial charge is 0.129 e. The van der Waals surface area contributed by atoms with Crippen LogP contribution in [-0.4, -0.2) is 37.6 Å². The lowest BCUT2D eigenvalue weighted by Crippen LogP contribution is -2.26. The number of likely N-dealkylation sites (N-methyl/N-ethyl adjacent to an activating group) is 1. The molecule has 3 nitrogen and oxygen atoms in total. The second-order valence-electron chi connectivity index (χ2n) is 6.31. The quantitative estimate of drug-likeness (QED) is 0.614. The van der Waals surface area contributed by atoms with Crippen LogP contribution in [0.4, 0.5) is 0 Å². The molecule has 0 N–H and O–H groups in total. The van der Waals surface area contributed by atoms with Crippen molar-refractivity contribution in [3.8, 4) is 0 Å². The molecule has 0 heterocycles. The summed E-state index contributed by atoms with van der Waals surface area (Å²) in [6.07, 6.45) is 1.80. The SMILES string of the molecule is C=O.CC(Cc1ccccc1)N(C)C.CCC(C)=O.Cc1ccccc1Br. The number of Topliss-reactive ketones (excluding diaryl/α,β-unsaturated/α-hetero) is 1. The fourth-order valence-electron chi connectivity index (χ4n) is 1.69. The minimum atomic E-state index is 0.255. The lowest BCUT2D eigenvalue weighted by Gasteiger charge is -2.19. The highest BCUT2D eigenvalue weighted by Crippen LogP contribution is 2.13. The molecular weight excluding hydrogens is 402 g/mol. The zero-order chi connectivity index (χ0) is 21.2. The maximum absolute atomic E-state index is 9.81. The van der Waals surface area contributed by atoms with Crippen molar-refractivity contribution in [3.05, 3.63) is 70.2 Å². The van der Waals surface area contributed by atoms with Gasteiger partial charge in [0, 0.05) is 16.9 Å². The Morgan fingerprint density at radius 3 is 1.81 bits per heavy atom. The van der Waals surface area contributed by atoms with Gasteiger partial charge in [0.1, 0.15) is 12.6 Å². The van der Waals surface area contributed by atoms with Crippen molar-refractivity contribution in [1.82, 2.24) is 4.90 Å². The highest BCUT2D eigenvalue weighted by Gasteiger charge is 2.04. The van der Waals surface area contributed by atoms with Crippen LogP contribution in [0.25, 0.3) is 0 Å². The first-order valence-electron chi connectivity index (χ1n) is 8.97. The lowest BCUT2D eigenvalue weighted by atomic mass is 10.1. The van der Waals surface area contributed by atoms with Crippen LogP contribution in [-0.2, 0) is 16.0 Å². The Morgan fingerprint density at radius 2 is 1.48 bits per heavy atom. The third-order valence-electron chi connectivity index (χ3n) is 3.83. The van der Waals surface area contributed by atoms with Gasteiger partial charge in [0.15, 0.2) is 0 Å². The van der Waals surface area contributed by atoms with Crippen molar-refractivity contribution in [2.75, 3.05) is 14.1 Å². The Balaban J connectivity index is 0. The lowest BCUT2D eigenvalue weighted by molar-refractivity contribution is -0.116. The van der Waals surface area contributed by atoms with E-state index in [2.05, 4.69) is 85.2 Å². The van der Waals surface area contributed by atoms with E-state index < -0.39 is 0 Å². The van der Waals surface area contributed by atoms with E-state index in [0.717, 1.165) is 6.42 Å². The molecule has 1 atom stereocenters. The van der Waals surface area contributed by atoms with Gasteiger partial charge in [0.05, 0.1) is 0 Å². The molecule has 0 spiro atoms. The molecule has 150 valence electrons. The Bertz CT molecular complexity index is 594. The van der Waals surface area contributed by atoms with E-state index in [-0.39, 0.29) is 5.78 Å². The molecule has 0 aliphatic carbocycles. The van der Waals surface area contributed by atoms with E-state index in [9.17, 15) is 4.79 Å². The van der Waals surface area contributed by atoms with Crippen molar-refractivity contribution in [2.24, 2.45) is 0 Å². The molecule has 0 amide bonds. The highest BCUT2D eigenvalue weighted by molar-refractivity contribution is 9.10. The average molecular weight is 436 g/mol. The maximum Gasteiger partial charge on any atom is 0.129 e. The third kappa shape index (κ3) is 16.1. The fraction of sp³-hybridized carbons (Fsp3) is 0.391. The van der Waals surface area contributed by atoms with Gasteiger partial charge in [-0.3, -0.25) is 0 Å². The first-order valence-corrected chi connectivity index (χ1v) is 9.77. The standard InChI is InChI=1S/C11H17N.C7H7Br.C4H8O.CH2O/c1-10(12(2)3)9-11-7-5-4-6-8-11;1-6-4-2-3-5-7(6)8;1-3-4(2)5;1-2/h4-8,10H,9H2,1-3H3;2-5H,1H3;3H2,1-2H3;1H2. The number of nitrogens with zero attached hydrogens (tertiary/aromatic N) is 1. The molecule has 27 heavy (non-hydrogen) atoms. The van der Waals surface area contributed by atoms with Crippen LogP contribution in [0.2, 0.25) is 0 Å². The second kappa shape index (κ2) is 17.6. The van der Waals surface area contributed by atoms with E-state index >= 15 is 0 Å². The predicted octanol–water partition coefficient (Wildman–Crippen LogP) is 5.74. The summed E-state index contributed by atoms with van der Waals surface area (Å²) in [7, 11) is 4.24. The van der Waals surface area contributed by atoms with E-state index in [1.807, 2.05) is 31.9 Å². The topological polar surface area (TPSA) is 37.4 Å². The van der Waals surface area contributed by atoms with Crippen LogP contribution in [0.15, 0.2) is 59.1 Å². The van der Waals surface area contributed by atoms with Gasteiger partial charge in [-0.05, 0) is 58.5 Å². The molecule has 0 saturated carbocycles. The molecule has 2 aromatic rings. The van der Waals surface area contributed by atoms with Gasteiger partial charge in [-0.15, -0.1) is 0 Å². The van der Waals surface area contributed by atoms with Crippen LogP contribution < -0.4 is 0 Å². The van der Waals surface area contributed by atoms with E-state index in [1.54, 1.807) is 6.92 Å². The summed E-state index contributed by atoms with van der Waals surface area (Å²) >= 11 is 3.40. The Labute approximate surface area is 173 Å². The van der Waals surface area contributed by atoms with Crippen molar-refractivity contribution in [2.45, 2.75) is 46.6 Å². The van der Waals surface area contributed by atoms with Crippen LogP contribution in [0.3, 0.4) is 0 Å². The van der Waals surface area contributed by atoms with Crippen molar-refractivity contribution >= 4 is 28.5 Å². The summed E-state index contributed by atoms with van der Waals surface area (Å²) < 4.78 is 1.18. The highest BCUT2D eigenvalue weighted by atomic mass is 79.9. The van der Waals surface area contributed by atoms with Gasteiger partial charge in [0.2, 0.25) is 0 Å². The van der Waals surface area contributed by atoms with Gasteiger partial charge in [-0.1, -0.05) is 71.4 Å². The summed E-state index contributed by atoms with van der Waals surface area (Å²) in [5.41, 5.74) is 2.70. The normalized spacial score (nSPS) is 10.2. The molecule has 0 aliphatic heterocycles. The molecule has 4 heteroatoms. The number of halogens is 1. The summed E-state index contributed by atoms with van der Waals surface area (Å²) in [6, 6.07) is 19.4. The second-order valence-corrected chi connectivity index (χ2v) is 7.16. The zero-order valence-electron chi connectivity index (χ0n) is 17.5. The van der Waals surface area contributed by atoms with Crippen molar-refractivity contribution in [1.29, 1.82) is 0 Å². The summed E-state index contributed by atoms with van der Waals surface area (Å²) in [6.45, 7) is 9.75.